The van der Waals surface area contributed by atoms with Gasteiger partial charge in [0.25, 0.3) is 0 Å². The molecule has 0 saturated heterocycles. The lowest BCUT2D eigenvalue weighted by molar-refractivity contribution is -0.154. The van der Waals surface area contributed by atoms with E-state index in [1.165, 1.54) is 0 Å². The maximum absolute atomic E-state index is 12.0. The highest BCUT2D eigenvalue weighted by Crippen LogP contribution is 2.12. The molecule has 0 N–H and O–H groups in total. The highest BCUT2D eigenvalue weighted by atomic mass is 16.6. The van der Waals surface area contributed by atoms with Crippen LogP contribution in [0.4, 0.5) is 0 Å². The second-order valence-corrected chi connectivity index (χ2v) is 4.17. The normalized spacial score (nSPS) is 11.4. The summed E-state index contributed by atoms with van der Waals surface area (Å²) in [4.78, 5) is 23.9. The third-order valence-corrected chi connectivity index (χ3v) is 2.50. The SMILES string of the molecule is C=CC/C=C(\CC=C)C(=O)OC(=O)/C(=C/CC=C)CC=C. The van der Waals surface area contributed by atoms with E-state index in [1.54, 1.807) is 36.5 Å². The number of allylic oxidation sites excluding steroid dienone is 6. The summed E-state index contributed by atoms with van der Waals surface area (Å²) in [6.45, 7) is 14.3. The van der Waals surface area contributed by atoms with Crippen molar-refractivity contribution in [2.45, 2.75) is 25.7 Å². The third-order valence-electron chi connectivity index (χ3n) is 2.50. The van der Waals surface area contributed by atoms with Crippen LogP contribution in [0, 0.1) is 0 Å². The zero-order valence-electron chi connectivity index (χ0n) is 12.3. The number of hydrogen-bond acceptors (Lipinski definition) is 3. The molecule has 0 spiro atoms. The molecule has 0 aliphatic heterocycles. The van der Waals surface area contributed by atoms with Crippen LogP contribution in [0.15, 0.2) is 73.9 Å². The van der Waals surface area contributed by atoms with Crippen LogP contribution in [0.2, 0.25) is 0 Å². The van der Waals surface area contributed by atoms with Crippen molar-refractivity contribution in [2.24, 2.45) is 0 Å². The van der Waals surface area contributed by atoms with Gasteiger partial charge in [0.2, 0.25) is 0 Å². The van der Waals surface area contributed by atoms with Crippen LogP contribution in [0.3, 0.4) is 0 Å². The van der Waals surface area contributed by atoms with E-state index in [0.29, 0.717) is 36.8 Å². The first-order chi connectivity index (χ1) is 10.1. The first-order valence-corrected chi connectivity index (χ1v) is 6.68. The zero-order chi connectivity index (χ0) is 16.1. The van der Waals surface area contributed by atoms with Gasteiger partial charge in [0.1, 0.15) is 0 Å². The predicted molar refractivity (Wildman–Crippen MR) is 86.5 cm³/mol. The van der Waals surface area contributed by atoms with Gasteiger partial charge in [0.15, 0.2) is 0 Å². The van der Waals surface area contributed by atoms with Gasteiger partial charge in [-0.25, -0.2) is 9.59 Å². The van der Waals surface area contributed by atoms with E-state index >= 15 is 0 Å². The number of ether oxygens (including phenoxy) is 1. The molecule has 3 heteroatoms. The predicted octanol–water partition coefficient (Wildman–Crippen LogP) is 4.21. The summed E-state index contributed by atoms with van der Waals surface area (Å²) in [5.74, 6) is -1.31. The van der Waals surface area contributed by atoms with E-state index in [4.69, 9.17) is 4.74 Å². The lowest BCUT2D eigenvalue weighted by atomic mass is 10.1. The van der Waals surface area contributed by atoms with Crippen LogP contribution in [0.5, 0.6) is 0 Å². The summed E-state index contributed by atoms with van der Waals surface area (Å²) in [5, 5.41) is 0. The lowest BCUT2D eigenvalue weighted by Gasteiger charge is -2.07. The molecule has 0 bridgehead atoms. The molecule has 0 atom stereocenters. The van der Waals surface area contributed by atoms with Gasteiger partial charge in [-0.15, -0.1) is 26.3 Å². The van der Waals surface area contributed by atoms with Crippen molar-refractivity contribution in [2.75, 3.05) is 0 Å². The molecule has 0 radical (unpaired) electrons. The van der Waals surface area contributed by atoms with Crippen molar-refractivity contribution in [3.05, 3.63) is 73.9 Å². The van der Waals surface area contributed by atoms with Crippen LogP contribution in [-0.4, -0.2) is 11.9 Å². The summed E-state index contributed by atoms with van der Waals surface area (Å²) in [5.41, 5.74) is 0.778. The van der Waals surface area contributed by atoms with Crippen LogP contribution in [0.25, 0.3) is 0 Å². The van der Waals surface area contributed by atoms with Crippen molar-refractivity contribution >= 4 is 11.9 Å². The Morgan fingerprint density at radius 1 is 0.714 bits per heavy atom. The molecule has 0 aromatic heterocycles. The smallest absolute Gasteiger partial charge is 0.341 e. The fourth-order valence-electron chi connectivity index (χ4n) is 1.48. The Morgan fingerprint density at radius 2 is 1.10 bits per heavy atom. The summed E-state index contributed by atoms with van der Waals surface area (Å²) in [6, 6.07) is 0. The monoisotopic (exact) mass is 286 g/mol. The molecule has 0 aromatic rings. The molecule has 0 fully saturated rings. The van der Waals surface area contributed by atoms with Crippen LogP contribution >= 0.6 is 0 Å². The van der Waals surface area contributed by atoms with Gasteiger partial charge in [-0.1, -0.05) is 36.5 Å². The Bertz CT molecular complexity index is 435. The van der Waals surface area contributed by atoms with Gasteiger partial charge in [0, 0.05) is 11.1 Å². The Hall–Kier alpha value is -2.42. The molecule has 0 saturated carbocycles. The maximum Gasteiger partial charge on any atom is 0.341 e. The second-order valence-electron chi connectivity index (χ2n) is 4.17. The van der Waals surface area contributed by atoms with Crippen molar-refractivity contribution in [1.82, 2.24) is 0 Å². The molecule has 0 amide bonds. The fourth-order valence-corrected chi connectivity index (χ4v) is 1.48. The number of carbonyl (C=O) groups excluding carboxylic acids is 2. The molecule has 112 valence electrons. The van der Waals surface area contributed by atoms with Crippen molar-refractivity contribution in [3.63, 3.8) is 0 Å². The molecule has 0 aromatic carbocycles. The quantitative estimate of drug-likeness (QED) is 0.261. The summed E-state index contributed by atoms with van der Waals surface area (Å²) in [6.07, 6.45) is 11.6. The van der Waals surface area contributed by atoms with Gasteiger partial charge >= 0.3 is 11.9 Å². The number of esters is 2. The van der Waals surface area contributed by atoms with Gasteiger partial charge in [-0.2, -0.15) is 0 Å². The van der Waals surface area contributed by atoms with E-state index < -0.39 is 11.9 Å². The van der Waals surface area contributed by atoms with Gasteiger partial charge < -0.3 is 4.74 Å². The van der Waals surface area contributed by atoms with E-state index in [1.807, 2.05) is 0 Å². The maximum atomic E-state index is 12.0. The van der Waals surface area contributed by atoms with E-state index in [9.17, 15) is 9.59 Å². The molecular weight excluding hydrogens is 264 g/mol. The average molecular weight is 286 g/mol. The number of hydrogen-bond donors (Lipinski definition) is 0. The Morgan fingerprint density at radius 3 is 1.38 bits per heavy atom. The summed E-state index contributed by atoms with van der Waals surface area (Å²) >= 11 is 0. The van der Waals surface area contributed by atoms with Crippen molar-refractivity contribution in [1.29, 1.82) is 0 Å². The molecule has 0 heterocycles. The largest absolute Gasteiger partial charge is 0.386 e. The summed E-state index contributed by atoms with van der Waals surface area (Å²) in [7, 11) is 0. The van der Waals surface area contributed by atoms with Crippen LogP contribution in [0.1, 0.15) is 25.7 Å². The summed E-state index contributed by atoms with van der Waals surface area (Å²) < 4.78 is 4.90. The first-order valence-electron chi connectivity index (χ1n) is 6.68. The van der Waals surface area contributed by atoms with Gasteiger partial charge in [0.05, 0.1) is 0 Å². The zero-order valence-corrected chi connectivity index (χ0v) is 12.3. The minimum atomic E-state index is -0.657. The molecule has 0 unspecified atom stereocenters. The van der Waals surface area contributed by atoms with E-state index in [2.05, 4.69) is 26.3 Å². The topological polar surface area (TPSA) is 43.4 Å². The number of rotatable bonds is 10. The van der Waals surface area contributed by atoms with E-state index in [-0.39, 0.29) is 0 Å². The Labute approximate surface area is 126 Å². The van der Waals surface area contributed by atoms with Crippen molar-refractivity contribution in [3.8, 4) is 0 Å². The van der Waals surface area contributed by atoms with Crippen LogP contribution in [-0.2, 0) is 14.3 Å². The first kappa shape index (κ1) is 18.6. The molecular formula is C18H22O3. The molecule has 0 aliphatic rings. The average Bonchev–Trinajstić information content (AvgIpc) is 2.47. The highest BCUT2D eigenvalue weighted by Gasteiger charge is 2.17. The van der Waals surface area contributed by atoms with Crippen molar-refractivity contribution < 1.29 is 14.3 Å². The fraction of sp³-hybridized carbons (Fsp3) is 0.222. The number of carbonyl (C=O) groups is 2. The highest BCUT2D eigenvalue weighted by molar-refractivity contribution is 6.02. The third kappa shape index (κ3) is 7.67. The Balaban J connectivity index is 4.95. The molecule has 3 nitrogen and oxygen atoms in total. The van der Waals surface area contributed by atoms with Gasteiger partial charge in [-0.3, -0.25) is 0 Å². The van der Waals surface area contributed by atoms with Gasteiger partial charge in [-0.05, 0) is 25.7 Å². The minimum absolute atomic E-state index is 0.340. The van der Waals surface area contributed by atoms with Crippen LogP contribution < -0.4 is 0 Å². The standard InChI is InChI=1S/C18H22O3/c1-5-9-13-15(11-7-3)17(19)21-18(20)16(12-8-4)14-10-6-2/h5-8,13-14H,1-4,9-12H2/b15-13+,16-14+. The molecule has 0 aliphatic carbocycles. The Kier molecular flexibility index (Phi) is 10.1. The molecule has 0 rings (SSSR count). The minimum Gasteiger partial charge on any atom is -0.386 e. The lowest BCUT2D eigenvalue weighted by Crippen LogP contribution is -2.16. The second kappa shape index (κ2) is 11.4. The van der Waals surface area contributed by atoms with E-state index in [0.717, 1.165) is 0 Å². The molecule has 21 heavy (non-hydrogen) atoms.